The largest absolute Gasteiger partial charge is 0.276 e. The summed E-state index contributed by atoms with van der Waals surface area (Å²) >= 11 is 10.2. The van der Waals surface area contributed by atoms with E-state index >= 15 is 0 Å². The van der Waals surface area contributed by atoms with Crippen LogP contribution in [0.2, 0.25) is 0 Å². The van der Waals surface area contributed by atoms with Crippen molar-refractivity contribution in [3.63, 3.8) is 0 Å². The predicted octanol–water partition coefficient (Wildman–Crippen LogP) is 3.82. The third-order valence-electron chi connectivity index (χ3n) is 1.00. The van der Waals surface area contributed by atoms with Crippen molar-refractivity contribution in [1.29, 1.82) is 0 Å². The molecule has 0 aliphatic carbocycles. The van der Waals surface area contributed by atoms with Crippen LogP contribution < -0.4 is 0 Å². The molecule has 0 N–H and O–H groups in total. The minimum atomic E-state index is -0.407. The van der Waals surface area contributed by atoms with E-state index in [2.05, 4.69) is 6.58 Å². The van der Waals surface area contributed by atoms with Crippen molar-refractivity contribution in [3.05, 3.63) is 47.5 Å². The van der Waals surface area contributed by atoms with Crippen LogP contribution in [0.15, 0.2) is 41.9 Å². The van der Waals surface area contributed by atoms with Gasteiger partial charge in [0.2, 0.25) is 0 Å². The standard InChI is InChI=1S/C7H5ClO.C3H5Cl/c8-7(9)6-4-2-1-3-5-6;1-3(2)4/h1-5H;1H2,2H3. The molecule has 13 heavy (non-hydrogen) atoms. The van der Waals surface area contributed by atoms with Crippen molar-refractivity contribution >= 4 is 28.4 Å². The first kappa shape index (κ1) is 12.2. The Kier molecular flexibility index (Phi) is 6.29. The molecule has 0 fully saturated rings. The van der Waals surface area contributed by atoms with E-state index in [1.165, 1.54) is 0 Å². The van der Waals surface area contributed by atoms with Gasteiger partial charge in [0.15, 0.2) is 0 Å². The van der Waals surface area contributed by atoms with Crippen molar-refractivity contribution in [2.24, 2.45) is 0 Å². The molecule has 0 unspecified atom stereocenters. The summed E-state index contributed by atoms with van der Waals surface area (Å²) in [6.45, 7) is 5.06. The highest BCUT2D eigenvalue weighted by Crippen LogP contribution is 2.01. The minimum absolute atomic E-state index is 0.407. The summed E-state index contributed by atoms with van der Waals surface area (Å²) in [5.74, 6) is 0. The van der Waals surface area contributed by atoms with Gasteiger partial charge in [-0.2, -0.15) is 0 Å². The Hall–Kier alpha value is -0.790. The van der Waals surface area contributed by atoms with Crippen LogP contribution in [0.25, 0.3) is 0 Å². The SMILES string of the molecule is C=C(C)Cl.O=C(Cl)c1ccccc1. The van der Waals surface area contributed by atoms with Crippen molar-refractivity contribution in [2.45, 2.75) is 6.92 Å². The fourth-order valence-corrected chi connectivity index (χ4v) is 0.695. The zero-order chi connectivity index (χ0) is 10.3. The van der Waals surface area contributed by atoms with E-state index in [0.717, 1.165) is 0 Å². The lowest BCUT2D eigenvalue weighted by Gasteiger charge is -1.87. The molecule has 0 saturated carbocycles. The molecule has 0 saturated heterocycles. The average Bonchev–Trinajstić information content (AvgIpc) is 2.05. The number of benzene rings is 1. The highest BCUT2D eigenvalue weighted by molar-refractivity contribution is 6.67. The van der Waals surface area contributed by atoms with Gasteiger partial charge in [-0.25, -0.2) is 0 Å². The monoisotopic (exact) mass is 216 g/mol. The minimum Gasteiger partial charge on any atom is -0.276 e. The third-order valence-corrected chi connectivity index (χ3v) is 1.22. The third kappa shape index (κ3) is 7.57. The maximum Gasteiger partial charge on any atom is 0.252 e. The van der Waals surface area contributed by atoms with Crippen LogP contribution in [0.4, 0.5) is 0 Å². The van der Waals surface area contributed by atoms with Crippen molar-refractivity contribution in [2.75, 3.05) is 0 Å². The van der Waals surface area contributed by atoms with Crippen LogP contribution in [0.5, 0.6) is 0 Å². The lowest BCUT2D eigenvalue weighted by atomic mass is 10.2. The van der Waals surface area contributed by atoms with Gasteiger partial charge in [0.05, 0.1) is 0 Å². The second-order valence-electron chi connectivity index (χ2n) is 2.32. The molecule has 1 rings (SSSR count). The summed E-state index contributed by atoms with van der Waals surface area (Å²) in [7, 11) is 0. The van der Waals surface area contributed by atoms with Crippen molar-refractivity contribution < 1.29 is 4.79 Å². The highest BCUT2D eigenvalue weighted by atomic mass is 35.5. The molecule has 1 nitrogen and oxygen atoms in total. The number of carbonyl (C=O) groups excluding carboxylic acids is 1. The number of halogens is 2. The van der Waals surface area contributed by atoms with Crippen LogP contribution in [0.3, 0.4) is 0 Å². The lowest BCUT2D eigenvalue weighted by Crippen LogP contribution is -1.84. The molecular formula is C10H10Cl2O. The topological polar surface area (TPSA) is 17.1 Å². The van der Waals surface area contributed by atoms with Gasteiger partial charge in [-0.15, -0.1) is 0 Å². The Morgan fingerprint density at radius 2 is 1.62 bits per heavy atom. The van der Waals surface area contributed by atoms with Gasteiger partial charge >= 0.3 is 0 Å². The number of carbonyl (C=O) groups is 1. The molecule has 1 aromatic rings. The van der Waals surface area contributed by atoms with Gasteiger partial charge in [-0.05, 0) is 18.5 Å². The first-order chi connectivity index (χ1) is 6.04. The molecule has 3 heteroatoms. The second-order valence-corrected chi connectivity index (χ2v) is 3.30. The molecule has 1 aromatic carbocycles. The summed E-state index contributed by atoms with van der Waals surface area (Å²) in [5, 5.41) is 0.232. The Morgan fingerprint density at radius 3 is 1.85 bits per heavy atom. The van der Waals surface area contributed by atoms with E-state index in [9.17, 15) is 4.79 Å². The first-order valence-corrected chi connectivity index (χ1v) is 4.35. The Bertz CT molecular complexity index is 276. The Morgan fingerprint density at radius 1 is 1.23 bits per heavy atom. The maximum atomic E-state index is 10.4. The zero-order valence-corrected chi connectivity index (χ0v) is 8.77. The van der Waals surface area contributed by atoms with Crippen LogP contribution in [0.1, 0.15) is 17.3 Å². The highest BCUT2D eigenvalue weighted by Gasteiger charge is 1.95. The fourth-order valence-electron chi connectivity index (χ4n) is 0.569. The molecule has 0 aliphatic heterocycles. The van der Waals surface area contributed by atoms with Crippen LogP contribution >= 0.6 is 23.2 Å². The first-order valence-electron chi connectivity index (χ1n) is 3.60. The van der Waals surface area contributed by atoms with E-state index < -0.39 is 5.24 Å². The molecule has 0 spiro atoms. The van der Waals surface area contributed by atoms with Crippen molar-refractivity contribution in [1.82, 2.24) is 0 Å². The summed E-state index contributed by atoms with van der Waals surface area (Å²) < 4.78 is 0. The van der Waals surface area contributed by atoms with E-state index in [-0.39, 0.29) is 0 Å². The summed E-state index contributed by atoms with van der Waals surface area (Å²) in [4.78, 5) is 10.4. The van der Waals surface area contributed by atoms with E-state index in [4.69, 9.17) is 23.2 Å². The molecule has 0 radical (unpaired) electrons. The van der Waals surface area contributed by atoms with Crippen LogP contribution in [-0.4, -0.2) is 5.24 Å². The van der Waals surface area contributed by atoms with E-state index in [1.54, 1.807) is 31.2 Å². The number of hydrogen-bond donors (Lipinski definition) is 0. The lowest BCUT2D eigenvalue weighted by molar-refractivity contribution is 0.108. The molecule has 0 atom stereocenters. The van der Waals surface area contributed by atoms with E-state index in [0.29, 0.717) is 10.6 Å². The molecule has 0 bridgehead atoms. The van der Waals surface area contributed by atoms with E-state index in [1.807, 2.05) is 6.07 Å². The van der Waals surface area contributed by atoms with Gasteiger partial charge in [-0.3, -0.25) is 4.79 Å². The summed E-state index contributed by atoms with van der Waals surface area (Å²) in [5.41, 5.74) is 0.541. The number of hydrogen-bond acceptors (Lipinski definition) is 1. The van der Waals surface area contributed by atoms with Crippen LogP contribution in [-0.2, 0) is 0 Å². The molecule has 0 heterocycles. The van der Waals surface area contributed by atoms with Gasteiger partial charge in [-0.1, -0.05) is 48.5 Å². The van der Waals surface area contributed by atoms with Crippen LogP contribution in [0, 0.1) is 0 Å². The molecule has 0 amide bonds. The van der Waals surface area contributed by atoms with Gasteiger partial charge < -0.3 is 0 Å². The molecular weight excluding hydrogens is 207 g/mol. The quantitative estimate of drug-likeness (QED) is 0.653. The predicted molar refractivity (Wildman–Crippen MR) is 57.3 cm³/mol. The van der Waals surface area contributed by atoms with Gasteiger partial charge in [0.1, 0.15) is 0 Å². The molecule has 0 aromatic heterocycles. The van der Waals surface area contributed by atoms with Gasteiger partial charge in [0.25, 0.3) is 5.24 Å². The Labute approximate surface area is 88.0 Å². The molecule has 0 aliphatic rings. The number of rotatable bonds is 1. The summed E-state index contributed by atoms with van der Waals surface area (Å²) in [6, 6.07) is 8.74. The smallest absolute Gasteiger partial charge is 0.252 e. The normalized spacial score (nSPS) is 8.23. The zero-order valence-electron chi connectivity index (χ0n) is 7.26. The number of allylic oxidation sites excluding steroid dienone is 1. The van der Waals surface area contributed by atoms with Gasteiger partial charge in [0, 0.05) is 10.6 Å². The molecule has 70 valence electrons. The maximum absolute atomic E-state index is 10.4. The average molecular weight is 217 g/mol. The summed E-state index contributed by atoms with van der Waals surface area (Å²) in [6.07, 6.45) is 0. The second kappa shape index (κ2) is 6.70. The fraction of sp³-hybridized carbons (Fsp3) is 0.100. The Balaban J connectivity index is 0.000000310. The van der Waals surface area contributed by atoms with Crippen molar-refractivity contribution in [3.8, 4) is 0 Å².